The van der Waals surface area contributed by atoms with Gasteiger partial charge in [-0.2, -0.15) is 0 Å². The quantitative estimate of drug-likeness (QED) is 0.464. The molecule has 0 bridgehead atoms. The first-order valence-corrected chi connectivity index (χ1v) is 6.54. The summed E-state index contributed by atoms with van der Waals surface area (Å²) in [5.74, 6) is -0.425. The van der Waals surface area contributed by atoms with E-state index in [-0.39, 0.29) is 14.1 Å². The molecule has 1 saturated heterocycles. The first-order valence-electron chi connectivity index (χ1n) is 6.54. The lowest BCUT2D eigenvalue weighted by Gasteiger charge is -2.21. The van der Waals surface area contributed by atoms with Crippen molar-refractivity contribution in [2.75, 3.05) is 46.4 Å². The summed E-state index contributed by atoms with van der Waals surface area (Å²) in [5, 5.41) is 2.75. The van der Waals surface area contributed by atoms with Gasteiger partial charge < -0.3 is 19.9 Å². The van der Waals surface area contributed by atoms with Gasteiger partial charge in [-0.05, 0) is 26.9 Å². The maximum Gasteiger partial charge on any atom is 0.333 e. The van der Waals surface area contributed by atoms with Gasteiger partial charge in [-0.25, -0.2) is 9.59 Å². The van der Waals surface area contributed by atoms with Gasteiger partial charge in [-0.3, -0.25) is 0 Å². The Morgan fingerprint density at radius 3 is 2.74 bits per heavy atom. The van der Waals surface area contributed by atoms with Crippen molar-refractivity contribution in [3.05, 3.63) is 12.2 Å². The van der Waals surface area contributed by atoms with Crippen molar-refractivity contribution >= 4 is 12.0 Å². The Balaban J connectivity index is 0.00000361. The summed E-state index contributed by atoms with van der Waals surface area (Å²) < 4.78 is 4.90. The third-order valence-corrected chi connectivity index (χ3v) is 2.97. The van der Waals surface area contributed by atoms with Crippen LogP contribution in [0.3, 0.4) is 0 Å². The first kappa shape index (κ1) is 15.5. The van der Waals surface area contributed by atoms with Gasteiger partial charge in [0.05, 0.1) is 6.54 Å². The van der Waals surface area contributed by atoms with E-state index in [2.05, 4.69) is 23.8 Å². The average molecular weight is 271 g/mol. The molecule has 0 aliphatic carbocycles. The Hall–Kier alpha value is -1.56. The number of urea groups is 1. The molecule has 1 N–H and O–H groups in total. The molecule has 2 amide bonds. The van der Waals surface area contributed by atoms with Crippen molar-refractivity contribution in [1.29, 1.82) is 0 Å². The molecule has 110 valence electrons. The molecular formula is C13H25N3O3. The fourth-order valence-corrected chi connectivity index (χ4v) is 1.79. The monoisotopic (exact) mass is 271 g/mol. The fourth-order valence-electron chi connectivity index (χ4n) is 1.79. The lowest BCUT2D eigenvalue weighted by molar-refractivity contribution is -0.138. The van der Waals surface area contributed by atoms with Gasteiger partial charge in [0, 0.05) is 26.6 Å². The van der Waals surface area contributed by atoms with E-state index in [0.717, 1.165) is 32.6 Å². The molecule has 0 aromatic rings. The molecule has 0 unspecified atom stereocenters. The molecule has 0 atom stereocenters. The second-order valence-electron chi connectivity index (χ2n) is 4.79. The van der Waals surface area contributed by atoms with Crippen LogP contribution in [0.15, 0.2) is 12.2 Å². The largest absolute Gasteiger partial charge is 0.460 e. The highest BCUT2D eigenvalue weighted by molar-refractivity contribution is 5.86. The van der Waals surface area contributed by atoms with Crippen LogP contribution in [0.5, 0.6) is 0 Å². The Morgan fingerprint density at radius 2 is 2.05 bits per heavy atom. The van der Waals surface area contributed by atoms with Crippen LogP contribution in [-0.2, 0) is 9.53 Å². The molecule has 6 nitrogen and oxygen atoms in total. The number of hydrogen-bond acceptors (Lipinski definition) is 4. The zero-order valence-electron chi connectivity index (χ0n) is 11.8. The average Bonchev–Trinajstić information content (AvgIpc) is 2.58. The number of carbonyl (C=O) groups is 2. The van der Waals surface area contributed by atoms with Crippen LogP contribution in [0.4, 0.5) is 4.79 Å². The van der Waals surface area contributed by atoms with Crippen molar-refractivity contribution in [3.63, 3.8) is 0 Å². The van der Waals surface area contributed by atoms with Crippen LogP contribution < -0.4 is 5.32 Å². The summed E-state index contributed by atoms with van der Waals surface area (Å²) in [7, 11) is 2.05. The number of carbonyl (C=O) groups excluding carboxylic acids is 2. The van der Waals surface area contributed by atoms with E-state index in [4.69, 9.17) is 4.74 Å². The zero-order valence-corrected chi connectivity index (χ0v) is 11.8. The van der Waals surface area contributed by atoms with Gasteiger partial charge in [0.1, 0.15) is 6.61 Å². The number of amides is 2. The predicted molar refractivity (Wildman–Crippen MR) is 75.0 cm³/mol. The highest BCUT2D eigenvalue weighted by Gasteiger charge is 2.16. The van der Waals surface area contributed by atoms with E-state index in [1.54, 1.807) is 11.8 Å². The minimum absolute atomic E-state index is 0. The molecule has 0 aromatic heterocycles. The zero-order chi connectivity index (χ0) is 14.3. The number of likely N-dealkylation sites (N-methyl/N-ethyl adjacent to an activating group) is 1. The summed E-state index contributed by atoms with van der Waals surface area (Å²) in [6, 6.07) is -0.0957. The molecule has 1 heterocycles. The van der Waals surface area contributed by atoms with Crippen molar-refractivity contribution in [1.82, 2.24) is 15.1 Å². The Kier molecular flexibility index (Phi) is 6.35. The normalized spacial score (nSPS) is 16.6. The van der Waals surface area contributed by atoms with Crippen molar-refractivity contribution in [2.45, 2.75) is 13.3 Å². The van der Waals surface area contributed by atoms with E-state index in [1.807, 2.05) is 0 Å². The third kappa shape index (κ3) is 5.74. The predicted octanol–water partition coefficient (Wildman–Crippen LogP) is 0.699. The number of rotatable bonds is 4. The molecule has 1 rings (SSSR count). The van der Waals surface area contributed by atoms with E-state index >= 15 is 0 Å². The van der Waals surface area contributed by atoms with Crippen LogP contribution in [-0.4, -0.2) is 68.2 Å². The molecular weight excluding hydrogens is 246 g/mol. The van der Waals surface area contributed by atoms with Gasteiger partial charge in [-0.15, -0.1) is 0 Å². The number of nitrogens with one attached hydrogen (secondary N) is 1. The van der Waals surface area contributed by atoms with Crippen LogP contribution in [0.25, 0.3) is 0 Å². The fraction of sp³-hybridized carbons (Fsp3) is 0.692. The van der Waals surface area contributed by atoms with E-state index in [0.29, 0.717) is 12.1 Å². The number of ether oxygens (including phenoxy) is 1. The molecule has 6 heteroatoms. The number of nitrogens with zero attached hydrogens (tertiary/aromatic N) is 2. The van der Waals surface area contributed by atoms with Crippen LogP contribution in [0, 0.1) is 0 Å². The van der Waals surface area contributed by atoms with Gasteiger partial charge in [0.15, 0.2) is 0 Å². The maximum absolute atomic E-state index is 11.9. The van der Waals surface area contributed by atoms with Gasteiger partial charge in [0.25, 0.3) is 0 Å². The molecule has 1 aliphatic rings. The van der Waals surface area contributed by atoms with Crippen molar-refractivity contribution in [2.24, 2.45) is 0 Å². The number of esters is 1. The molecule has 0 aromatic carbocycles. The first-order chi connectivity index (χ1) is 9.00. The Morgan fingerprint density at radius 1 is 1.32 bits per heavy atom. The van der Waals surface area contributed by atoms with Crippen LogP contribution in [0.1, 0.15) is 14.8 Å². The van der Waals surface area contributed by atoms with Crippen LogP contribution in [0.2, 0.25) is 0 Å². The summed E-state index contributed by atoms with van der Waals surface area (Å²) >= 11 is 0. The minimum atomic E-state index is -0.425. The highest BCUT2D eigenvalue weighted by atomic mass is 16.5. The second-order valence-corrected chi connectivity index (χ2v) is 4.79. The summed E-state index contributed by atoms with van der Waals surface area (Å²) in [4.78, 5) is 27.0. The Labute approximate surface area is 115 Å². The third-order valence-electron chi connectivity index (χ3n) is 2.97. The van der Waals surface area contributed by atoms with E-state index in [1.165, 1.54) is 0 Å². The van der Waals surface area contributed by atoms with Gasteiger partial charge in [0.2, 0.25) is 0 Å². The van der Waals surface area contributed by atoms with Crippen molar-refractivity contribution in [3.8, 4) is 0 Å². The summed E-state index contributed by atoms with van der Waals surface area (Å²) in [6.07, 6.45) is 0.981. The van der Waals surface area contributed by atoms with E-state index in [9.17, 15) is 9.59 Å². The van der Waals surface area contributed by atoms with Gasteiger partial charge >= 0.3 is 12.0 Å². The lowest BCUT2D eigenvalue weighted by Crippen LogP contribution is -2.43. The second kappa shape index (κ2) is 7.78. The standard InChI is InChI=1S/C13H23N3O3.H2/c1-11(2)12(17)19-10-5-14-13(18)16-7-4-6-15(3)8-9-16;/h1,4-10H2,2-3H3,(H,14,18);1H. The minimum Gasteiger partial charge on any atom is -0.460 e. The summed E-state index contributed by atoms with van der Waals surface area (Å²) in [5.41, 5.74) is 0.363. The van der Waals surface area contributed by atoms with Gasteiger partial charge in [-0.1, -0.05) is 6.58 Å². The van der Waals surface area contributed by atoms with Crippen LogP contribution >= 0.6 is 0 Å². The molecule has 0 spiro atoms. The maximum atomic E-state index is 11.9. The molecule has 1 aliphatic heterocycles. The lowest BCUT2D eigenvalue weighted by atomic mass is 10.4. The molecule has 1 fully saturated rings. The van der Waals surface area contributed by atoms with E-state index < -0.39 is 5.97 Å². The SMILES string of the molecule is C=C(C)C(=O)OCCNC(=O)N1CCCN(C)CC1.[HH]. The highest BCUT2D eigenvalue weighted by Crippen LogP contribution is 2.01. The van der Waals surface area contributed by atoms with Crippen molar-refractivity contribution < 1.29 is 15.8 Å². The molecule has 0 radical (unpaired) electrons. The molecule has 0 saturated carbocycles. The summed E-state index contributed by atoms with van der Waals surface area (Å²) in [6.45, 7) is 8.97. The smallest absolute Gasteiger partial charge is 0.333 e. The topological polar surface area (TPSA) is 61.9 Å². The number of hydrogen-bond donors (Lipinski definition) is 1. The Bertz CT molecular complexity index is 350. The molecule has 19 heavy (non-hydrogen) atoms.